The Hall–Kier alpha value is -0.770. The molecule has 1 rings (SSSR count). The molecule has 1 N–H and O–H groups in total. The minimum atomic E-state index is -0.462. The number of nitrogens with zero attached hydrogens (tertiary/aromatic N) is 1. The van der Waals surface area contributed by atoms with Crippen molar-refractivity contribution in [3.63, 3.8) is 0 Å². The first-order valence-corrected chi connectivity index (χ1v) is 5.53. The number of ether oxygens (including phenoxy) is 1. The Kier molecular flexibility index (Phi) is 3.60. The van der Waals surface area contributed by atoms with Crippen molar-refractivity contribution in [2.24, 2.45) is 0 Å². The second-order valence-corrected chi connectivity index (χ2v) is 4.99. The lowest BCUT2D eigenvalue weighted by molar-refractivity contribution is 0.0381. The maximum atomic E-state index is 11.7. The Balaban J connectivity index is 2.47. The van der Waals surface area contributed by atoms with Crippen molar-refractivity contribution in [3.05, 3.63) is 0 Å². The number of aliphatic hydroxyl groups excluding tert-OH is 1. The van der Waals surface area contributed by atoms with E-state index in [4.69, 9.17) is 9.84 Å². The zero-order chi connectivity index (χ0) is 11.6. The van der Waals surface area contributed by atoms with Crippen LogP contribution in [0, 0.1) is 0 Å². The van der Waals surface area contributed by atoms with Gasteiger partial charge in [0.2, 0.25) is 0 Å². The fourth-order valence-corrected chi connectivity index (χ4v) is 1.76. The monoisotopic (exact) mass is 215 g/mol. The van der Waals surface area contributed by atoms with E-state index in [1.54, 1.807) is 4.90 Å². The molecule has 2 atom stereocenters. The maximum absolute atomic E-state index is 11.7. The molecular formula is C11H21NO3. The molecule has 88 valence electrons. The smallest absolute Gasteiger partial charge is 0.411 e. The Morgan fingerprint density at radius 3 is 2.40 bits per heavy atom. The van der Waals surface area contributed by atoms with E-state index in [-0.39, 0.29) is 24.8 Å². The fourth-order valence-electron chi connectivity index (χ4n) is 1.76. The summed E-state index contributed by atoms with van der Waals surface area (Å²) in [5.41, 5.74) is -0.462. The van der Waals surface area contributed by atoms with Gasteiger partial charge >= 0.3 is 6.09 Å². The summed E-state index contributed by atoms with van der Waals surface area (Å²) in [6.07, 6.45) is 1.64. The molecule has 0 aliphatic carbocycles. The SMILES string of the molecule is CCC[C@@H]1[C@H](CO)N1C(=O)OC(C)(C)C. The number of carbonyl (C=O) groups is 1. The molecule has 1 aliphatic heterocycles. The van der Waals surface area contributed by atoms with Crippen molar-refractivity contribution in [2.75, 3.05) is 6.61 Å². The van der Waals surface area contributed by atoms with Crippen molar-refractivity contribution in [1.82, 2.24) is 4.90 Å². The second-order valence-electron chi connectivity index (χ2n) is 4.99. The molecular weight excluding hydrogens is 194 g/mol. The molecule has 1 saturated heterocycles. The molecule has 0 bridgehead atoms. The van der Waals surface area contributed by atoms with Crippen LogP contribution in [-0.2, 0) is 4.74 Å². The van der Waals surface area contributed by atoms with Crippen LogP contribution in [0.25, 0.3) is 0 Å². The van der Waals surface area contributed by atoms with E-state index in [0.29, 0.717) is 0 Å². The molecule has 0 aromatic carbocycles. The van der Waals surface area contributed by atoms with Gasteiger partial charge in [-0.3, -0.25) is 4.90 Å². The van der Waals surface area contributed by atoms with Gasteiger partial charge in [-0.1, -0.05) is 13.3 Å². The standard InChI is InChI=1S/C11H21NO3/c1-5-6-8-9(7-13)12(8)10(14)15-11(2,3)4/h8-9,13H,5-7H2,1-4H3/t8-,9+,12?/m1/s1. The summed E-state index contributed by atoms with van der Waals surface area (Å²) >= 11 is 0. The zero-order valence-electron chi connectivity index (χ0n) is 9.99. The molecule has 0 unspecified atom stereocenters. The van der Waals surface area contributed by atoms with E-state index in [1.807, 2.05) is 20.8 Å². The third kappa shape index (κ3) is 3.09. The molecule has 0 radical (unpaired) electrons. The van der Waals surface area contributed by atoms with Crippen LogP contribution in [0.1, 0.15) is 40.5 Å². The van der Waals surface area contributed by atoms with Crippen LogP contribution >= 0.6 is 0 Å². The number of hydrogen-bond donors (Lipinski definition) is 1. The van der Waals surface area contributed by atoms with E-state index in [1.165, 1.54) is 0 Å². The Morgan fingerprint density at radius 2 is 2.00 bits per heavy atom. The number of carbonyl (C=O) groups excluding carboxylic acids is 1. The van der Waals surface area contributed by atoms with Crippen molar-refractivity contribution in [3.8, 4) is 0 Å². The fraction of sp³-hybridized carbons (Fsp3) is 0.909. The highest BCUT2D eigenvalue weighted by Crippen LogP contribution is 2.33. The topological polar surface area (TPSA) is 49.5 Å². The molecule has 4 heteroatoms. The maximum Gasteiger partial charge on any atom is 0.411 e. The summed E-state index contributed by atoms with van der Waals surface area (Å²) in [7, 11) is 0. The molecule has 1 amide bonds. The Bertz CT molecular complexity index is 234. The highest BCUT2D eigenvalue weighted by molar-refractivity contribution is 5.72. The van der Waals surface area contributed by atoms with Crippen LogP contribution in [0.5, 0.6) is 0 Å². The molecule has 4 nitrogen and oxygen atoms in total. The predicted octanol–water partition coefficient (Wildman–Crippen LogP) is 1.77. The molecule has 1 fully saturated rings. The molecule has 15 heavy (non-hydrogen) atoms. The Labute approximate surface area is 91.2 Å². The van der Waals surface area contributed by atoms with Crippen molar-refractivity contribution in [2.45, 2.75) is 58.2 Å². The van der Waals surface area contributed by atoms with Crippen molar-refractivity contribution < 1.29 is 14.6 Å². The van der Waals surface area contributed by atoms with Crippen LogP contribution < -0.4 is 0 Å². The number of aliphatic hydroxyl groups is 1. The van der Waals surface area contributed by atoms with Gasteiger partial charge in [-0.15, -0.1) is 0 Å². The number of rotatable bonds is 3. The lowest BCUT2D eigenvalue weighted by atomic mass is 10.2. The van der Waals surface area contributed by atoms with Crippen LogP contribution in [0.2, 0.25) is 0 Å². The summed E-state index contributed by atoms with van der Waals surface area (Å²) in [5.74, 6) is 0. The molecule has 0 aromatic rings. The summed E-state index contributed by atoms with van der Waals surface area (Å²) in [4.78, 5) is 13.3. The van der Waals surface area contributed by atoms with Gasteiger partial charge in [-0.2, -0.15) is 0 Å². The molecule has 1 heterocycles. The lowest BCUT2D eigenvalue weighted by Gasteiger charge is -2.20. The lowest BCUT2D eigenvalue weighted by Crippen LogP contribution is -2.28. The van der Waals surface area contributed by atoms with Crippen LogP contribution in [0.4, 0.5) is 4.79 Å². The van der Waals surface area contributed by atoms with E-state index in [0.717, 1.165) is 12.8 Å². The van der Waals surface area contributed by atoms with Gasteiger partial charge in [-0.25, -0.2) is 4.79 Å². The first kappa shape index (κ1) is 12.3. The van der Waals surface area contributed by atoms with Crippen molar-refractivity contribution in [1.29, 1.82) is 0 Å². The zero-order valence-corrected chi connectivity index (χ0v) is 9.99. The molecule has 0 saturated carbocycles. The third-order valence-electron chi connectivity index (χ3n) is 2.44. The van der Waals surface area contributed by atoms with Crippen LogP contribution in [0.15, 0.2) is 0 Å². The highest BCUT2D eigenvalue weighted by Gasteiger charge is 2.51. The van der Waals surface area contributed by atoms with Gasteiger partial charge in [-0.05, 0) is 27.2 Å². The van der Waals surface area contributed by atoms with Gasteiger partial charge in [0.05, 0.1) is 18.7 Å². The number of amides is 1. The van der Waals surface area contributed by atoms with E-state index >= 15 is 0 Å². The largest absolute Gasteiger partial charge is 0.444 e. The van der Waals surface area contributed by atoms with Crippen LogP contribution in [-0.4, -0.2) is 40.4 Å². The molecule has 0 aromatic heterocycles. The average Bonchev–Trinajstić information content (AvgIpc) is 2.75. The Morgan fingerprint density at radius 1 is 1.40 bits per heavy atom. The van der Waals surface area contributed by atoms with E-state index in [9.17, 15) is 4.79 Å². The van der Waals surface area contributed by atoms with Gasteiger partial charge in [0.25, 0.3) is 0 Å². The highest BCUT2D eigenvalue weighted by atomic mass is 16.6. The van der Waals surface area contributed by atoms with Crippen LogP contribution in [0.3, 0.4) is 0 Å². The normalized spacial score (nSPS) is 25.3. The molecule has 1 aliphatic rings. The number of hydrogen-bond acceptors (Lipinski definition) is 3. The van der Waals surface area contributed by atoms with Crippen molar-refractivity contribution >= 4 is 6.09 Å². The minimum absolute atomic E-state index is 0.0280. The summed E-state index contributed by atoms with van der Waals surface area (Å²) < 4.78 is 5.25. The van der Waals surface area contributed by atoms with Gasteiger partial charge in [0.1, 0.15) is 5.60 Å². The quantitative estimate of drug-likeness (QED) is 0.730. The first-order chi connectivity index (χ1) is 6.90. The first-order valence-electron chi connectivity index (χ1n) is 5.53. The van der Waals surface area contributed by atoms with Gasteiger partial charge in [0, 0.05) is 0 Å². The summed E-state index contributed by atoms with van der Waals surface area (Å²) in [6, 6.07) is 0.148. The summed E-state index contributed by atoms with van der Waals surface area (Å²) in [6.45, 7) is 7.63. The van der Waals surface area contributed by atoms with Gasteiger partial charge in [0.15, 0.2) is 0 Å². The van der Waals surface area contributed by atoms with E-state index in [2.05, 4.69) is 6.92 Å². The molecule has 0 spiro atoms. The second kappa shape index (κ2) is 4.39. The predicted molar refractivity (Wildman–Crippen MR) is 57.6 cm³/mol. The van der Waals surface area contributed by atoms with Gasteiger partial charge < -0.3 is 9.84 Å². The average molecular weight is 215 g/mol. The van der Waals surface area contributed by atoms with E-state index < -0.39 is 5.60 Å². The minimum Gasteiger partial charge on any atom is -0.444 e. The summed E-state index contributed by atoms with van der Waals surface area (Å²) in [5, 5.41) is 9.07. The third-order valence-corrected chi connectivity index (χ3v) is 2.44.